The molecule has 0 heterocycles. The summed E-state index contributed by atoms with van der Waals surface area (Å²) >= 11 is 0. The van der Waals surface area contributed by atoms with Gasteiger partial charge in [-0.2, -0.15) is 0 Å². The van der Waals surface area contributed by atoms with Crippen LogP contribution in [-0.4, -0.2) is 55.0 Å². The Kier molecular flexibility index (Phi) is 11.8. The van der Waals surface area contributed by atoms with Gasteiger partial charge in [0.05, 0.1) is 19.1 Å². The van der Waals surface area contributed by atoms with Crippen molar-refractivity contribution >= 4 is 14.2 Å². The standard InChI is InChI=1S/C36H52N2O4Si/c1-35(2,3)43(7,8)42-33(30-17-18-32(40)31(23-30)26-39)25-37-36(4,5)24-29-16-12-15-28(21-29)22-34(41)38(6)20-19-27-13-10-9-11-14-27/h9-18,21,23,33,37,39-40H,19-20,22,24-26H2,1-8H3/t33-/m0/s1. The molecule has 0 aliphatic carbocycles. The molecule has 3 rings (SSSR count). The minimum Gasteiger partial charge on any atom is -0.508 e. The van der Waals surface area contributed by atoms with Crippen LogP contribution in [0.3, 0.4) is 0 Å². The van der Waals surface area contributed by atoms with Crippen LogP contribution in [0.4, 0.5) is 0 Å². The molecule has 0 saturated carbocycles. The average Bonchev–Trinajstić information content (AvgIpc) is 2.94. The molecule has 43 heavy (non-hydrogen) atoms. The number of nitrogens with zero attached hydrogens (tertiary/aromatic N) is 1. The Morgan fingerprint density at radius 1 is 0.930 bits per heavy atom. The van der Waals surface area contributed by atoms with Crippen LogP contribution in [0, 0.1) is 0 Å². The Morgan fingerprint density at radius 2 is 1.58 bits per heavy atom. The van der Waals surface area contributed by atoms with Crippen molar-refractivity contribution in [2.24, 2.45) is 0 Å². The van der Waals surface area contributed by atoms with Gasteiger partial charge in [-0.1, -0.05) is 81.4 Å². The Balaban J connectivity index is 1.67. The fraction of sp³-hybridized carbons (Fsp3) is 0.472. The van der Waals surface area contributed by atoms with E-state index in [4.69, 9.17) is 4.43 Å². The van der Waals surface area contributed by atoms with E-state index >= 15 is 0 Å². The molecule has 1 atom stereocenters. The van der Waals surface area contributed by atoms with Crippen molar-refractivity contribution in [1.82, 2.24) is 10.2 Å². The number of nitrogens with one attached hydrogen (secondary N) is 1. The lowest BCUT2D eigenvalue weighted by Crippen LogP contribution is -2.47. The van der Waals surface area contributed by atoms with Gasteiger partial charge in [-0.25, -0.2) is 0 Å². The normalized spacial score (nSPS) is 13.1. The van der Waals surface area contributed by atoms with E-state index < -0.39 is 8.32 Å². The van der Waals surface area contributed by atoms with Gasteiger partial charge < -0.3 is 24.9 Å². The van der Waals surface area contributed by atoms with Crippen molar-refractivity contribution in [1.29, 1.82) is 0 Å². The minimum atomic E-state index is -2.12. The molecular formula is C36H52N2O4Si. The molecule has 0 aliphatic rings. The quantitative estimate of drug-likeness (QED) is 0.176. The molecule has 0 unspecified atom stereocenters. The zero-order chi connectivity index (χ0) is 31.8. The van der Waals surface area contributed by atoms with E-state index in [2.05, 4.69) is 77.3 Å². The number of aromatic hydroxyl groups is 1. The van der Waals surface area contributed by atoms with Crippen molar-refractivity contribution in [3.8, 4) is 5.75 Å². The molecule has 0 spiro atoms. The van der Waals surface area contributed by atoms with Gasteiger partial charge in [0, 0.05) is 31.2 Å². The number of carbonyl (C=O) groups excluding carboxylic acids is 1. The van der Waals surface area contributed by atoms with Gasteiger partial charge >= 0.3 is 0 Å². The van der Waals surface area contributed by atoms with Crippen molar-refractivity contribution < 1.29 is 19.4 Å². The lowest BCUT2D eigenvalue weighted by molar-refractivity contribution is -0.129. The predicted octanol–water partition coefficient (Wildman–Crippen LogP) is 6.80. The number of hydrogen-bond acceptors (Lipinski definition) is 5. The molecular weight excluding hydrogens is 552 g/mol. The van der Waals surface area contributed by atoms with Gasteiger partial charge in [0.2, 0.25) is 5.91 Å². The minimum absolute atomic E-state index is 0.0327. The molecule has 0 aliphatic heterocycles. The number of phenols is 1. The summed E-state index contributed by atoms with van der Waals surface area (Å²) in [6.45, 7) is 16.6. The summed E-state index contributed by atoms with van der Waals surface area (Å²) in [5.74, 6) is 0.207. The first-order valence-electron chi connectivity index (χ1n) is 15.3. The number of likely N-dealkylation sites (N-methyl/N-ethyl adjacent to an activating group) is 1. The van der Waals surface area contributed by atoms with Crippen molar-refractivity contribution in [3.63, 3.8) is 0 Å². The van der Waals surface area contributed by atoms with E-state index in [1.165, 1.54) is 11.1 Å². The van der Waals surface area contributed by atoms with E-state index in [0.717, 1.165) is 24.0 Å². The number of amides is 1. The highest BCUT2D eigenvalue weighted by Gasteiger charge is 2.39. The maximum atomic E-state index is 13.0. The molecule has 234 valence electrons. The molecule has 7 heteroatoms. The first-order valence-corrected chi connectivity index (χ1v) is 18.2. The second kappa shape index (κ2) is 14.7. The molecule has 3 aromatic carbocycles. The van der Waals surface area contributed by atoms with Crippen LogP contribution in [0.2, 0.25) is 18.1 Å². The molecule has 0 bridgehead atoms. The smallest absolute Gasteiger partial charge is 0.226 e. The van der Waals surface area contributed by atoms with E-state index in [1.54, 1.807) is 6.07 Å². The van der Waals surface area contributed by atoms with Crippen LogP contribution in [0.25, 0.3) is 0 Å². The summed E-state index contributed by atoms with van der Waals surface area (Å²) < 4.78 is 6.88. The number of carbonyl (C=O) groups is 1. The maximum absolute atomic E-state index is 13.0. The highest BCUT2D eigenvalue weighted by molar-refractivity contribution is 6.74. The summed E-state index contributed by atoms with van der Waals surface area (Å²) in [6.07, 6.45) is 1.77. The van der Waals surface area contributed by atoms with Gasteiger partial charge in [-0.3, -0.25) is 4.79 Å². The molecule has 3 N–H and O–H groups in total. The third kappa shape index (κ3) is 10.3. The highest BCUT2D eigenvalue weighted by Crippen LogP contribution is 2.40. The highest BCUT2D eigenvalue weighted by atomic mass is 28.4. The largest absolute Gasteiger partial charge is 0.508 e. The van der Waals surface area contributed by atoms with E-state index in [1.807, 2.05) is 54.4 Å². The number of aliphatic hydroxyl groups is 1. The monoisotopic (exact) mass is 604 g/mol. The molecule has 0 fully saturated rings. The Bertz CT molecular complexity index is 1330. The van der Waals surface area contributed by atoms with Gasteiger partial charge in [0.1, 0.15) is 5.75 Å². The molecule has 1 amide bonds. The van der Waals surface area contributed by atoms with E-state index in [9.17, 15) is 15.0 Å². The van der Waals surface area contributed by atoms with Gasteiger partial charge in [-0.15, -0.1) is 0 Å². The van der Waals surface area contributed by atoms with Crippen LogP contribution >= 0.6 is 0 Å². The second-order valence-electron chi connectivity index (χ2n) is 13.9. The fourth-order valence-electron chi connectivity index (χ4n) is 4.86. The van der Waals surface area contributed by atoms with E-state index in [-0.39, 0.29) is 34.9 Å². The third-order valence-corrected chi connectivity index (χ3v) is 13.1. The van der Waals surface area contributed by atoms with E-state index in [0.29, 0.717) is 25.1 Å². The zero-order valence-electron chi connectivity index (χ0n) is 27.4. The first-order chi connectivity index (χ1) is 20.1. The van der Waals surface area contributed by atoms with Gasteiger partial charge in [-0.05, 0) is 79.2 Å². The summed E-state index contributed by atoms with van der Waals surface area (Å²) in [7, 11) is -0.244. The van der Waals surface area contributed by atoms with Crippen molar-refractivity contribution in [2.75, 3.05) is 20.1 Å². The topological polar surface area (TPSA) is 82.0 Å². The SMILES string of the molecule is CN(CCc1ccccc1)C(=O)Cc1cccc(CC(C)(C)NC[C@H](O[Si](C)(C)C(C)(C)C)c2ccc(O)c(CO)c2)c1. The van der Waals surface area contributed by atoms with Crippen LogP contribution < -0.4 is 5.32 Å². The zero-order valence-corrected chi connectivity index (χ0v) is 28.4. The number of aliphatic hydroxyl groups excluding tert-OH is 1. The maximum Gasteiger partial charge on any atom is 0.226 e. The van der Waals surface area contributed by atoms with Gasteiger partial charge in [0.15, 0.2) is 8.32 Å². The molecule has 6 nitrogen and oxygen atoms in total. The van der Waals surface area contributed by atoms with Crippen LogP contribution in [0.1, 0.15) is 68.5 Å². The van der Waals surface area contributed by atoms with Crippen molar-refractivity contribution in [3.05, 3.63) is 101 Å². The summed E-state index contributed by atoms with van der Waals surface area (Å²) in [4.78, 5) is 14.8. The van der Waals surface area contributed by atoms with Crippen LogP contribution in [0.15, 0.2) is 72.8 Å². The molecule has 0 saturated heterocycles. The second-order valence-corrected chi connectivity index (χ2v) is 18.7. The Labute approximate surface area is 260 Å². The summed E-state index contributed by atoms with van der Waals surface area (Å²) in [6, 6.07) is 23.9. The molecule has 0 aromatic heterocycles. The summed E-state index contributed by atoms with van der Waals surface area (Å²) in [5, 5.41) is 23.7. The van der Waals surface area contributed by atoms with Crippen LogP contribution in [0.5, 0.6) is 5.75 Å². The number of rotatable bonds is 14. The Hall–Kier alpha value is -2.97. The molecule has 0 radical (unpaired) electrons. The van der Waals surface area contributed by atoms with Gasteiger partial charge in [0.25, 0.3) is 0 Å². The number of benzene rings is 3. The average molecular weight is 605 g/mol. The lowest BCUT2D eigenvalue weighted by atomic mass is 9.93. The Morgan fingerprint density at radius 3 is 2.23 bits per heavy atom. The van der Waals surface area contributed by atoms with Crippen LogP contribution in [-0.2, 0) is 35.1 Å². The third-order valence-electron chi connectivity index (χ3n) is 8.65. The predicted molar refractivity (Wildman–Crippen MR) is 179 cm³/mol. The number of hydrogen-bond donors (Lipinski definition) is 3. The van der Waals surface area contributed by atoms with Crippen molar-refractivity contribution in [2.45, 2.75) is 90.3 Å². The molecule has 3 aromatic rings. The fourth-order valence-corrected chi connectivity index (χ4v) is 6.14. The first kappa shape index (κ1) is 34.5. The summed E-state index contributed by atoms with van der Waals surface area (Å²) in [5.41, 5.74) is 4.61. The lowest BCUT2D eigenvalue weighted by Gasteiger charge is -2.40.